The highest BCUT2D eigenvalue weighted by Gasteiger charge is 2.32. The van der Waals surface area contributed by atoms with Crippen LogP contribution in [0.3, 0.4) is 0 Å². The first-order valence-corrected chi connectivity index (χ1v) is 7.66. The molecule has 0 spiro atoms. The van der Waals surface area contributed by atoms with Gasteiger partial charge < -0.3 is 15.4 Å². The van der Waals surface area contributed by atoms with Gasteiger partial charge in [0.05, 0.1) is 12.0 Å². The Hall–Kier alpha value is -1.10. The van der Waals surface area contributed by atoms with Crippen molar-refractivity contribution in [1.82, 2.24) is 4.90 Å². The third kappa shape index (κ3) is 4.22. The van der Waals surface area contributed by atoms with Gasteiger partial charge in [-0.1, -0.05) is 44.2 Å². The number of amides is 1. The van der Waals surface area contributed by atoms with Crippen LogP contribution in [-0.4, -0.2) is 37.1 Å². The zero-order chi connectivity index (χ0) is 15.4. The molecule has 2 N–H and O–H groups in total. The van der Waals surface area contributed by atoms with E-state index in [9.17, 15) is 4.79 Å². The summed E-state index contributed by atoms with van der Waals surface area (Å²) in [6.45, 7) is 5.56. The molecule has 1 amide bonds. The fourth-order valence-corrected chi connectivity index (χ4v) is 2.95. The molecule has 0 aliphatic carbocycles. The number of carbonyl (C=O) groups excluding carboxylic acids is 1. The Morgan fingerprint density at radius 2 is 2.00 bits per heavy atom. The van der Waals surface area contributed by atoms with Gasteiger partial charge in [0.2, 0.25) is 5.91 Å². The molecule has 1 aliphatic heterocycles. The molecule has 1 aliphatic rings. The lowest BCUT2D eigenvalue weighted by molar-refractivity contribution is -0.140. The molecule has 2 rings (SSSR count). The molecule has 4 nitrogen and oxygen atoms in total. The number of hydrogen-bond acceptors (Lipinski definition) is 3. The van der Waals surface area contributed by atoms with Gasteiger partial charge in [0.1, 0.15) is 0 Å². The van der Waals surface area contributed by atoms with Crippen LogP contribution in [0.15, 0.2) is 30.3 Å². The van der Waals surface area contributed by atoms with Crippen molar-refractivity contribution in [3.63, 3.8) is 0 Å². The van der Waals surface area contributed by atoms with Gasteiger partial charge in [-0.3, -0.25) is 4.79 Å². The van der Waals surface area contributed by atoms with Crippen molar-refractivity contribution in [2.24, 2.45) is 17.6 Å². The van der Waals surface area contributed by atoms with E-state index in [2.05, 4.69) is 6.92 Å². The summed E-state index contributed by atoms with van der Waals surface area (Å²) in [5, 5.41) is 0. The van der Waals surface area contributed by atoms with Crippen LogP contribution in [0, 0.1) is 11.8 Å². The van der Waals surface area contributed by atoms with E-state index >= 15 is 0 Å². The minimum atomic E-state index is -0.265. The molecule has 22 heavy (non-hydrogen) atoms. The number of piperidine rings is 1. The number of likely N-dealkylation sites (tertiary alicyclic amines) is 1. The van der Waals surface area contributed by atoms with Crippen LogP contribution in [0.2, 0.25) is 0 Å². The fraction of sp³-hybridized carbons (Fsp3) is 0.588. The Morgan fingerprint density at radius 3 is 2.59 bits per heavy atom. The monoisotopic (exact) mass is 326 g/mol. The molecule has 1 fully saturated rings. The van der Waals surface area contributed by atoms with Crippen LogP contribution in [0.25, 0.3) is 0 Å². The summed E-state index contributed by atoms with van der Waals surface area (Å²) >= 11 is 0. The largest absolute Gasteiger partial charge is 0.379 e. The molecule has 1 heterocycles. The van der Waals surface area contributed by atoms with E-state index in [1.807, 2.05) is 42.2 Å². The highest BCUT2D eigenvalue weighted by molar-refractivity contribution is 5.85. The average molecular weight is 327 g/mol. The zero-order valence-corrected chi connectivity index (χ0v) is 14.4. The van der Waals surface area contributed by atoms with Gasteiger partial charge in [0, 0.05) is 26.2 Å². The van der Waals surface area contributed by atoms with Crippen molar-refractivity contribution in [1.29, 1.82) is 0 Å². The Kier molecular flexibility index (Phi) is 7.33. The molecule has 1 aromatic carbocycles. The lowest BCUT2D eigenvalue weighted by atomic mass is 9.91. The Balaban J connectivity index is 0.00000242. The second kappa shape index (κ2) is 8.51. The van der Waals surface area contributed by atoms with Crippen LogP contribution in [0.1, 0.15) is 31.9 Å². The smallest absolute Gasteiger partial charge is 0.227 e. The van der Waals surface area contributed by atoms with Crippen molar-refractivity contribution in [3.05, 3.63) is 35.9 Å². The summed E-state index contributed by atoms with van der Waals surface area (Å²) in [7, 11) is 1.72. The second-order valence-electron chi connectivity index (χ2n) is 6.05. The summed E-state index contributed by atoms with van der Waals surface area (Å²) in [5.41, 5.74) is 7.27. The molecule has 1 saturated heterocycles. The highest BCUT2D eigenvalue weighted by Crippen LogP contribution is 2.25. The maximum Gasteiger partial charge on any atom is 0.227 e. The molecular formula is C17H27ClN2O2. The molecule has 0 bridgehead atoms. The van der Waals surface area contributed by atoms with Gasteiger partial charge in [-0.15, -0.1) is 12.4 Å². The quantitative estimate of drug-likeness (QED) is 0.925. The zero-order valence-electron chi connectivity index (χ0n) is 13.6. The molecule has 4 atom stereocenters. The van der Waals surface area contributed by atoms with Crippen LogP contribution in [0.5, 0.6) is 0 Å². The van der Waals surface area contributed by atoms with Gasteiger partial charge in [-0.25, -0.2) is 0 Å². The molecular weight excluding hydrogens is 300 g/mol. The average Bonchev–Trinajstić information content (AvgIpc) is 2.54. The Bertz CT molecular complexity index is 469. The number of nitrogens with two attached hydrogens (primary N) is 1. The van der Waals surface area contributed by atoms with Crippen LogP contribution < -0.4 is 5.73 Å². The summed E-state index contributed by atoms with van der Waals surface area (Å²) in [4.78, 5) is 14.6. The van der Waals surface area contributed by atoms with Crippen molar-refractivity contribution in [2.75, 3.05) is 20.2 Å². The van der Waals surface area contributed by atoms with E-state index < -0.39 is 0 Å². The van der Waals surface area contributed by atoms with Crippen molar-refractivity contribution >= 4 is 18.3 Å². The first-order chi connectivity index (χ1) is 10.0. The van der Waals surface area contributed by atoms with Gasteiger partial charge >= 0.3 is 0 Å². The predicted molar refractivity (Wildman–Crippen MR) is 90.9 cm³/mol. The number of carbonyl (C=O) groups is 1. The van der Waals surface area contributed by atoms with E-state index in [1.165, 1.54) is 0 Å². The minimum absolute atomic E-state index is 0. The van der Waals surface area contributed by atoms with Crippen molar-refractivity contribution < 1.29 is 9.53 Å². The lowest BCUT2D eigenvalue weighted by Crippen LogP contribution is -2.49. The number of benzene rings is 1. The number of rotatable bonds is 4. The Morgan fingerprint density at radius 1 is 1.36 bits per heavy atom. The number of hydrogen-bond donors (Lipinski definition) is 1. The van der Waals surface area contributed by atoms with Crippen LogP contribution in [-0.2, 0) is 9.53 Å². The first kappa shape index (κ1) is 18.9. The molecule has 1 aromatic rings. The van der Waals surface area contributed by atoms with Gasteiger partial charge in [-0.2, -0.15) is 0 Å². The number of halogens is 1. The van der Waals surface area contributed by atoms with Crippen LogP contribution in [0.4, 0.5) is 0 Å². The molecule has 0 saturated carbocycles. The topological polar surface area (TPSA) is 55.6 Å². The van der Waals surface area contributed by atoms with Crippen molar-refractivity contribution in [3.8, 4) is 0 Å². The van der Waals surface area contributed by atoms with Crippen molar-refractivity contribution in [2.45, 2.75) is 32.4 Å². The summed E-state index contributed by atoms with van der Waals surface area (Å²) in [6, 6.07) is 9.55. The number of methoxy groups -OCH3 is 1. The predicted octanol–water partition coefficient (Wildman–Crippen LogP) is 2.63. The third-order valence-corrected chi connectivity index (χ3v) is 4.62. The second-order valence-corrected chi connectivity index (χ2v) is 6.05. The van der Waals surface area contributed by atoms with E-state index in [4.69, 9.17) is 10.5 Å². The third-order valence-electron chi connectivity index (χ3n) is 4.62. The molecule has 0 radical (unpaired) electrons. The van der Waals surface area contributed by atoms with E-state index in [0.717, 1.165) is 18.5 Å². The van der Waals surface area contributed by atoms with E-state index in [0.29, 0.717) is 12.5 Å². The maximum absolute atomic E-state index is 12.7. The van der Waals surface area contributed by atoms with Crippen LogP contribution >= 0.6 is 12.4 Å². The summed E-state index contributed by atoms with van der Waals surface area (Å²) < 4.78 is 5.48. The lowest BCUT2D eigenvalue weighted by Gasteiger charge is -2.38. The van der Waals surface area contributed by atoms with E-state index in [-0.39, 0.29) is 36.4 Å². The SMILES string of the molecule is COC1CN(C(=O)C(C)C(N)c2ccccc2)CCC1C.Cl. The maximum atomic E-state index is 12.7. The summed E-state index contributed by atoms with van der Waals surface area (Å²) in [5.74, 6) is 0.399. The molecule has 4 unspecified atom stereocenters. The summed E-state index contributed by atoms with van der Waals surface area (Å²) in [6.07, 6.45) is 1.11. The standard InChI is InChI=1S/C17H26N2O2.ClH/c1-12-9-10-19(11-15(12)21-3)17(20)13(2)16(18)14-7-5-4-6-8-14;/h4-8,12-13,15-16H,9-11,18H2,1-3H3;1H. The molecule has 0 aromatic heterocycles. The van der Waals surface area contributed by atoms with E-state index in [1.54, 1.807) is 7.11 Å². The fourth-order valence-electron chi connectivity index (χ4n) is 2.95. The minimum Gasteiger partial charge on any atom is -0.379 e. The molecule has 5 heteroatoms. The van der Waals surface area contributed by atoms with Gasteiger partial charge in [0.25, 0.3) is 0 Å². The van der Waals surface area contributed by atoms with Gasteiger partial charge in [-0.05, 0) is 17.9 Å². The van der Waals surface area contributed by atoms with Gasteiger partial charge in [0.15, 0.2) is 0 Å². The number of ether oxygens (including phenoxy) is 1. The molecule has 124 valence electrons. The normalized spacial score (nSPS) is 24.3. The first-order valence-electron chi connectivity index (χ1n) is 7.66. The Labute approximate surface area is 139 Å². The number of nitrogens with zero attached hydrogens (tertiary/aromatic N) is 1. The highest BCUT2D eigenvalue weighted by atomic mass is 35.5.